The predicted octanol–water partition coefficient (Wildman–Crippen LogP) is 1.07. The van der Waals surface area contributed by atoms with Gasteiger partial charge in [0.2, 0.25) is 5.91 Å². The Kier molecular flexibility index (Phi) is 4.80. The number of aryl methyl sites for hydroxylation is 1. The van der Waals surface area contributed by atoms with Gasteiger partial charge >= 0.3 is 5.97 Å². The van der Waals surface area contributed by atoms with E-state index in [9.17, 15) is 9.59 Å². The number of amides is 1. The Morgan fingerprint density at radius 2 is 2.12 bits per heavy atom. The Morgan fingerprint density at radius 1 is 1.29 bits per heavy atom. The van der Waals surface area contributed by atoms with Crippen LogP contribution < -0.4 is 0 Å². The Morgan fingerprint density at radius 3 is 2.83 bits per heavy atom. The first-order valence-corrected chi connectivity index (χ1v) is 8.45. The van der Waals surface area contributed by atoms with Gasteiger partial charge in [-0.25, -0.2) is 0 Å². The molecule has 7 heteroatoms. The van der Waals surface area contributed by atoms with Crippen molar-refractivity contribution >= 4 is 11.9 Å². The summed E-state index contributed by atoms with van der Waals surface area (Å²) < 4.78 is 0. The summed E-state index contributed by atoms with van der Waals surface area (Å²) in [5.41, 5.74) is 1.67. The summed E-state index contributed by atoms with van der Waals surface area (Å²) >= 11 is 0. The van der Waals surface area contributed by atoms with Crippen molar-refractivity contribution in [1.82, 2.24) is 19.8 Å². The minimum Gasteiger partial charge on any atom is -0.480 e. The molecular weight excluding hydrogens is 308 g/mol. The highest BCUT2D eigenvalue weighted by molar-refractivity contribution is 5.77. The highest BCUT2D eigenvalue weighted by Crippen LogP contribution is 2.39. The number of carboxylic acids is 1. The lowest BCUT2D eigenvalue weighted by molar-refractivity contribution is -0.144. The van der Waals surface area contributed by atoms with E-state index in [2.05, 4.69) is 9.97 Å². The Labute approximate surface area is 141 Å². The SMILES string of the molecule is Cc1cnc(CN2C[C@]3(CCCN(CC(=O)O)C3)CCC2=O)cn1. The van der Waals surface area contributed by atoms with Crippen LogP contribution in [0.4, 0.5) is 0 Å². The molecule has 0 aliphatic carbocycles. The van der Waals surface area contributed by atoms with Crippen LogP contribution in [0.15, 0.2) is 12.4 Å². The number of carbonyl (C=O) groups is 2. The molecule has 0 aromatic carbocycles. The van der Waals surface area contributed by atoms with Gasteiger partial charge in [0.25, 0.3) is 0 Å². The van der Waals surface area contributed by atoms with E-state index in [0.717, 1.165) is 43.7 Å². The maximum atomic E-state index is 12.3. The minimum absolute atomic E-state index is 0.0136. The molecule has 7 nitrogen and oxygen atoms in total. The van der Waals surface area contributed by atoms with Crippen molar-refractivity contribution in [3.8, 4) is 0 Å². The van der Waals surface area contributed by atoms with Gasteiger partial charge in [-0.2, -0.15) is 0 Å². The van der Waals surface area contributed by atoms with Crippen LogP contribution in [0.3, 0.4) is 0 Å². The third kappa shape index (κ3) is 3.90. The topological polar surface area (TPSA) is 86.6 Å². The summed E-state index contributed by atoms with van der Waals surface area (Å²) in [5, 5.41) is 9.04. The first-order chi connectivity index (χ1) is 11.5. The van der Waals surface area contributed by atoms with Crippen molar-refractivity contribution in [3.63, 3.8) is 0 Å². The van der Waals surface area contributed by atoms with Gasteiger partial charge in [0, 0.05) is 31.1 Å². The Balaban J connectivity index is 1.69. The van der Waals surface area contributed by atoms with E-state index in [1.165, 1.54) is 0 Å². The first-order valence-electron chi connectivity index (χ1n) is 8.45. The van der Waals surface area contributed by atoms with E-state index in [4.69, 9.17) is 5.11 Å². The lowest BCUT2D eigenvalue weighted by atomic mass is 9.73. The number of carbonyl (C=O) groups excluding carboxylic acids is 1. The number of piperidine rings is 2. The minimum atomic E-state index is -0.786. The number of carboxylic acid groups (broad SMARTS) is 1. The summed E-state index contributed by atoms with van der Waals surface area (Å²) in [7, 11) is 0. The number of likely N-dealkylation sites (tertiary alicyclic amines) is 2. The van der Waals surface area contributed by atoms with Crippen LogP contribution in [0.5, 0.6) is 0 Å². The molecule has 24 heavy (non-hydrogen) atoms. The van der Waals surface area contributed by atoms with Gasteiger partial charge in [-0.15, -0.1) is 0 Å². The maximum absolute atomic E-state index is 12.3. The highest BCUT2D eigenvalue weighted by atomic mass is 16.4. The number of rotatable bonds is 4. The second-order valence-corrected chi connectivity index (χ2v) is 7.11. The van der Waals surface area contributed by atoms with Gasteiger partial charge in [-0.05, 0) is 32.7 Å². The zero-order chi connectivity index (χ0) is 17.2. The molecule has 1 aromatic rings. The molecule has 130 valence electrons. The second kappa shape index (κ2) is 6.84. The number of aromatic nitrogens is 2. The van der Waals surface area contributed by atoms with Crippen LogP contribution in [-0.2, 0) is 16.1 Å². The van der Waals surface area contributed by atoms with E-state index in [1.807, 2.05) is 16.7 Å². The normalized spacial score (nSPS) is 25.2. The lowest BCUT2D eigenvalue weighted by Crippen LogP contribution is -2.54. The van der Waals surface area contributed by atoms with Gasteiger partial charge in [0.15, 0.2) is 0 Å². The van der Waals surface area contributed by atoms with Gasteiger partial charge < -0.3 is 10.0 Å². The van der Waals surface area contributed by atoms with Crippen LogP contribution >= 0.6 is 0 Å². The lowest BCUT2D eigenvalue weighted by Gasteiger charge is -2.48. The molecular formula is C17H24N4O3. The molecule has 1 spiro atoms. The van der Waals surface area contributed by atoms with Crippen molar-refractivity contribution in [2.24, 2.45) is 5.41 Å². The molecule has 0 saturated carbocycles. The fourth-order valence-electron chi connectivity index (χ4n) is 3.91. The average Bonchev–Trinajstić information content (AvgIpc) is 2.53. The van der Waals surface area contributed by atoms with Crippen molar-refractivity contribution in [2.75, 3.05) is 26.2 Å². The number of hydrogen-bond donors (Lipinski definition) is 1. The summed E-state index contributed by atoms with van der Waals surface area (Å²) in [5.74, 6) is -0.635. The fourth-order valence-corrected chi connectivity index (χ4v) is 3.91. The van der Waals surface area contributed by atoms with Crippen molar-refractivity contribution in [3.05, 3.63) is 23.8 Å². The number of hydrogen-bond acceptors (Lipinski definition) is 5. The molecule has 0 unspecified atom stereocenters. The Hall–Kier alpha value is -2.02. The van der Waals surface area contributed by atoms with Crippen molar-refractivity contribution < 1.29 is 14.7 Å². The first kappa shape index (κ1) is 16.8. The molecule has 2 aliphatic heterocycles. The third-order valence-electron chi connectivity index (χ3n) is 5.03. The monoisotopic (exact) mass is 332 g/mol. The molecule has 3 heterocycles. The van der Waals surface area contributed by atoms with E-state index in [0.29, 0.717) is 19.5 Å². The summed E-state index contributed by atoms with van der Waals surface area (Å²) in [6.07, 6.45) is 6.85. The molecule has 1 N–H and O–H groups in total. The summed E-state index contributed by atoms with van der Waals surface area (Å²) in [6.45, 7) is 4.70. The third-order valence-corrected chi connectivity index (χ3v) is 5.03. The molecule has 1 atom stereocenters. The van der Waals surface area contributed by atoms with E-state index in [-0.39, 0.29) is 17.9 Å². The zero-order valence-electron chi connectivity index (χ0n) is 14.1. The van der Waals surface area contributed by atoms with Gasteiger partial charge in [-0.1, -0.05) is 0 Å². The van der Waals surface area contributed by atoms with Crippen molar-refractivity contribution in [2.45, 2.75) is 39.2 Å². The van der Waals surface area contributed by atoms with Crippen LogP contribution in [-0.4, -0.2) is 62.9 Å². The molecule has 0 bridgehead atoms. The average molecular weight is 332 g/mol. The summed E-state index contributed by atoms with van der Waals surface area (Å²) in [4.78, 5) is 35.8. The molecule has 1 aromatic heterocycles. The Bertz CT molecular complexity index is 619. The standard InChI is InChI=1S/C17H24N4O3/c1-13-7-19-14(8-18-13)9-21-12-17(5-3-15(21)22)4-2-6-20(11-17)10-16(23)24/h7-8H,2-6,9-12H2,1H3,(H,23,24)/t17-/m1/s1. The largest absolute Gasteiger partial charge is 0.480 e. The second-order valence-electron chi connectivity index (χ2n) is 7.11. The number of aliphatic carboxylic acids is 1. The number of nitrogens with zero attached hydrogens (tertiary/aromatic N) is 4. The van der Waals surface area contributed by atoms with E-state index < -0.39 is 5.97 Å². The quantitative estimate of drug-likeness (QED) is 0.888. The zero-order valence-corrected chi connectivity index (χ0v) is 14.1. The van der Waals surface area contributed by atoms with Crippen molar-refractivity contribution in [1.29, 1.82) is 0 Å². The van der Waals surface area contributed by atoms with Gasteiger partial charge in [-0.3, -0.25) is 24.5 Å². The van der Waals surface area contributed by atoms with Crippen LogP contribution in [0.1, 0.15) is 37.1 Å². The van der Waals surface area contributed by atoms with Gasteiger partial charge in [0.05, 0.1) is 30.7 Å². The smallest absolute Gasteiger partial charge is 0.317 e. The van der Waals surface area contributed by atoms with Crippen LogP contribution in [0.25, 0.3) is 0 Å². The van der Waals surface area contributed by atoms with Crippen LogP contribution in [0, 0.1) is 12.3 Å². The molecule has 0 radical (unpaired) electrons. The van der Waals surface area contributed by atoms with Gasteiger partial charge in [0.1, 0.15) is 0 Å². The molecule has 3 rings (SSSR count). The molecule has 1 amide bonds. The predicted molar refractivity (Wildman–Crippen MR) is 87.2 cm³/mol. The van der Waals surface area contributed by atoms with E-state index in [1.54, 1.807) is 12.4 Å². The highest BCUT2D eigenvalue weighted by Gasteiger charge is 2.41. The summed E-state index contributed by atoms with van der Waals surface area (Å²) in [6, 6.07) is 0. The molecule has 2 fully saturated rings. The fraction of sp³-hybridized carbons (Fsp3) is 0.647. The van der Waals surface area contributed by atoms with E-state index >= 15 is 0 Å². The maximum Gasteiger partial charge on any atom is 0.317 e. The molecule has 2 saturated heterocycles. The molecule has 2 aliphatic rings. The van der Waals surface area contributed by atoms with Crippen LogP contribution in [0.2, 0.25) is 0 Å².